The number of aliphatic hydroxyl groups is 20. The van der Waals surface area contributed by atoms with Gasteiger partial charge in [0.05, 0.1) is 39.6 Å². The summed E-state index contributed by atoms with van der Waals surface area (Å²) in [6.45, 7) is -11.1. The molecule has 31 heteroatoms. The average Bonchev–Trinajstić information content (AvgIpc) is 4.00. The van der Waals surface area contributed by atoms with Gasteiger partial charge in [-0.2, -0.15) is 0 Å². The van der Waals surface area contributed by atoms with Gasteiger partial charge >= 0.3 is 0 Å². The fourth-order valence-electron chi connectivity index (χ4n) is 8.67. The van der Waals surface area contributed by atoms with Crippen LogP contribution in [0.15, 0.2) is 0 Å². The van der Waals surface area contributed by atoms with Crippen LogP contribution in [0.3, 0.4) is 0 Å². The summed E-state index contributed by atoms with van der Waals surface area (Å²) >= 11 is 0. The number of hydrogen-bond donors (Lipinski definition) is 20. The van der Waals surface area contributed by atoms with E-state index in [1.807, 2.05) is 0 Å². The van der Waals surface area contributed by atoms with Gasteiger partial charge in [-0.25, -0.2) is 0 Å². The Bertz CT molecular complexity index is 1590. The Morgan fingerprint density at radius 2 is 0.567 bits per heavy atom. The second kappa shape index (κ2) is 21.5. The van der Waals surface area contributed by atoms with E-state index in [1.54, 1.807) is 0 Å². The van der Waals surface area contributed by atoms with Crippen molar-refractivity contribution in [2.75, 3.05) is 72.7 Å². The largest absolute Gasteiger partial charge is 0.394 e. The minimum atomic E-state index is -2.62. The van der Waals surface area contributed by atoms with E-state index in [9.17, 15) is 102 Å². The van der Waals surface area contributed by atoms with E-state index in [-0.39, 0.29) is 0 Å². The highest BCUT2D eigenvalue weighted by molar-refractivity contribution is 5.04. The second-order valence-corrected chi connectivity index (χ2v) is 17.1. The molecule has 392 valence electrons. The average molecular weight is 991 g/mol. The molecule has 6 aliphatic rings. The molecule has 0 saturated carbocycles. The molecule has 67 heavy (non-hydrogen) atoms. The second-order valence-electron chi connectivity index (χ2n) is 17.1. The van der Waals surface area contributed by atoms with E-state index in [4.69, 9.17) is 52.1 Å². The minimum absolute atomic E-state index is 0.775. The molecule has 6 aliphatic heterocycles. The van der Waals surface area contributed by atoms with Crippen LogP contribution in [-0.4, -0.2) is 326 Å². The topological polar surface area (TPSA) is 506 Å². The molecular formula is C36H62O31. The molecule has 0 bridgehead atoms. The molecule has 0 unspecified atom stereocenters. The number of ether oxygens (including phenoxy) is 11. The lowest BCUT2D eigenvalue weighted by Crippen LogP contribution is -2.62. The van der Waals surface area contributed by atoms with Gasteiger partial charge in [0.1, 0.15) is 149 Å². The van der Waals surface area contributed by atoms with Crippen LogP contribution in [0.4, 0.5) is 0 Å². The van der Waals surface area contributed by atoms with Crippen molar-refractivity contribution in [3.05, 3.63) is 0 Å². The van der Waals surface area contributed by atoms with Gasteiger partial charge in [-0.15, -0.1) is 0 Å². The van der Waals surface area contributed by atoms with E-state index < -0.39 is 224 Å². The van der Waals surface area contributed by atoms with E-state index in [0.29, 0.717) is 0 Å². The molecule has 6 fully saturated rings. The fourth-order valence-corrected chi connectivity index (χ4v) is 8.67. The Morgan fingerprint density at radius 3 is 0.851 bits per heavy atom. The van der Waals surface area contributed by atoms with Crippen molar-refractivity contribution in [1.29, 1.82) is 0 Å². The van der Waals surface area contributed by atoms with Gasteiger partial charge in [-0.1, -0.05) is 0 Å². The van der Waals surface area contributed by atoms with E-state index in [1.165, 1.54) is 0 Å². The Labute approximate surface area is 378 Å². The lowest BCUT2D eigenvalue weighted by Gasteiger charge is -2.43. The Morgan fingerprint density at radius 1 is 0.299 bits per heavy atom. The zero-order chi connectivity index (χ0) is 49.6. The van der Waals surface area contributed by atoms with Crippen molar-refractivity contribution in [2.24, 2.45) is 0 Å². The fraction of sp³-hybridized carbons (Fsp3) is 1.00. The molecule has 0 aliphatic carbocycles. The molecule has 20 N–H and O–H groups in total. The summed E-state index contributed by atoms with van der Waals surface area (Å²) in [5, 5.41) is 208. The van der Waals surface area contributed by atoms with Crippen LogP contribution >= 0.6 is 0 Å². The highest BCUT2D eigenvalue weighted by atomic mass is 16.8. The molecule has 6 rings (SSSR count). The third-order valence-electron chi connectivity index (χ3n) is 12.9. The van der Waals surface area contributed by atoms with Crippen molar-refractivity contribution >= 4 is 0 Å². The van der Waals surface area contributed by atoms with Gasteiger partial charge in [-0.3, -0.25) is 0 Å². The molecule has 0 aromatic carbocycles. The molecular weight excluding hydrogens is 928 g/mol. The van der Waals surface area contributed by atoms with Crippen molar-refractivity contribution < 1.29 is 154 Å². The normalized spacial score (nSPS) is 52.5. The van der Waals surface area contributed by atoms with Crippen LogP contribution in [0.2, 0.25) is 0 Å². The van der Waals surface area contributed by atoms with E-state index in [2.05, 4.69) is 0 Å². The van der Waals surface area contributed by atoms with Crippen molar-refractivity contribution in [2.45, 2.75) is 151 Å². The minimum Gasteiger partial charge on any atom is -0.394 e. The maximum atomic E-state index is 11.0. The predicted molar refractivity (Wildman–Crippen MR) is 199 cm³/mol. The first-order valence-corrected chi connectivity index (χ1v) is 21.0. The van der Waals surface area contributed by atoms with Gasteiger partial charge in [0.15, 0.2) is 6.29 Å². The summed E-state index contributed by atoms with van der Waals surface area (Å²) in [6.07, 6.45) is -37.2. The Balaban J connectivity index is 1.05. The van der Waals surface area contributed by atoms with Crippen molar-refractivity contribution in [1.82, 2.24) is 0 Å². The quantitative estimate of drug-likeness (QED) is 0.0508. The zero-order valence-corrected chi connectivity index (χ0v) is 35.3. The summed E-state index contributed by atoms with van der Waals surface area (Å²) in [5.74, 6) is -12.6. The van der Waals surface area contributed by atoms with Gasteiger partial charge in [0.25, 0.3) is 0 Å². The monoisotopic (exact) mass is 990 g/mol. The first-order valence-electron chi connectivity index (χ1n) is 21.0. The van der Waals surface area contributed by atoms with Gasteiger partial charge in [-0.05, 0) is 0 Å². The van der Waals surface area contributed by atoms with Crippen LogP contribution in [0.5, 0.6) is 0 Å². The molecule has 6 saturated heterocycles. The standard InChI is InChI=1S/C36H62O31/c37-1-12-18(44)24(50)25(51)31(61-12)67-36(11-43)30(56)23(49)17(66-36)6-60-35(10-42)29(55)22(48)16(65-35)5-59-34(9-41)28(54)21(47)15(64-34)4-58-33(8-40)27(53)20(46)14(63-33)3-57-32(7-39)26(52)19(45)13(2-38)62-32/h12-31,37-56H,1-11H2/t12-,13-,14-,15-,16-,17-,18-,19-,20-,21-,22-,23-,24+,25-,26+,27+,28+,29+,30+,31-,32-,33-,34-,35-,36+/m1/s1. The molecule has 0 aromatic rings. The summed E-state index contributed by atoms with van der Waals surface area (Å²) in [7, 11) is 0. The zero-order valence-electron chi connectivity index (χ0n) is 35.3. The highest BCUT2D eigenvalue weighted by Gasteiger charge is 2.64. The molecule has 0 spiro atoms. The molecule has 31 nitrogen and oxygen atoms in total. The highest BCUT2D eigenvalue weighted by Crippen LogP contribution is 2.42. The third kappa shape index (κ3) is 9.75. The Hall–Kier alpha value is -1.24. The molecule has 0 aromatic heterocycles. The summed E-state index contributed by atoms with van der Waals surface area (Å²) in [5.41, 5.74) is 0. The van der Waals surface area contributed by atoms with Crippen LogP contribution in [-0.2, 0) is 52.1 Å². The summed E-state index contributed by atoms with van der Waals surface area (Å²) < 4.78 is 60.6. The molecule has 0 amide bonds. The van der Waals surface area contributed by atoms with Gasteiger partial charge < -0.3 is 154 Å². The Kier molecular flexibility index (Phi) is 17.6. The SMILES string of the molecule is OC[C@H]1O[C@@](CO)(OC[C@H]2O[C@@](CO)(OC[C@H]3O[C@@](CO)(OC[C@H]4O[C@@](CO)(OC[C@H]5O[C@@](CO)(O[C@H]6O[C@H](CO)[C@@H](O)[C@H](O)[C@H]6O)[C@@H](O)[C@@H]5O)[C@@H](O)[C@@H]4O)[C@@H](O)[C@@H]3O)[C@@H](O)[C@@H]2O)[C@@H](O)[C@@H]1O. The molecule has 0 radical (unpaired) electrons. The molecule has 6 heterocycles. The first-order chi connectivity index (χ1) is 31.6. The van der Waals surface area contributed by atoms with E-state index in [0.717, 1.165) is 0 Å². The lowest BCUT2D eigenvalue weighted by atomic mass is 9.99. The number of aliphatic hydroxyl groups excluding tert-OH is 20. The third-order valence-corrected chi connectivity index (χ3v) is 12.9. The van der Waals surface area contributed by atoms with Crippen LogP contribution in [0, 0.1) is 0 Å². The van der Waals surface area contributed by atoms with Crippen LogP contribution in [0.25, 0.3) is 0 Å². The maximum Gasteiger partial charge on any atom is 0.224 e. The van der Waals surface area contributed by atoms with Gasteiger partial charge in [0.2, 0.25) is 28.9 Å². The lowest BCUT2D eigenvalue weighted by molar-refractivity contribution is -0.385. The van der Waals surface area contributed by atoms with Crippen molar-refractivity contribution in [3.8, 4) is 0 Å². The summed E-state index contributed by atoms with van der Waals surface area (Å²) in [4.78, 5) is 0. The first kappa shape index (κ1) is 55.1. The summed E-state index contributed by atoms with van der Waals surface area (Å²) in [6, 6.07) is 0. The maximum absolute atomic E-state index is 11.0. The van der Waals surface area contributed by atoms with Crippen LogP contribution in [0.1, 0.15) is 0 Å². The van der Waals surface area contributed by atoms with E-state index >= 15 is 0 Å². The smallest absolute Gasteiger partial charge is 0.224 e. The number of hydrogen-bond acceptors (Lipinski definition) is 31. The van der Waals surface area contributed by atoms with Gasteiger partial charge in [0, 0.05) is 0 Å². The van der Waals surface area contributed by atoms with Crippen molar-refractivity contribution in [3.63, 3.8) is 0 Å². The molecule has 25 atom stereocenters. The van der Waals surface area contributed by atoms with Crippen LogP contribution < -0.4 is 0 Å². The predicted octanol–water partition coefficient (Wildman–Crippen LogP) is -14.1. The number of rotatable bonds is 21.